The molecule has 0 aliphatic carbocycles. The van der Waals surface area contributed by atoms with Gasteiger partial charge in [0.2, 0.25) is 10.0 Å². The van der Waals surface area contributed by atoms with Crippen LogP contribution in [0.15, 0.2) is 59.5 Å². The van der Waals surface area contributed by atoms with Crippen molar-refractivity contribution in [3.63, 3.8) is 0 Å². The molecule has 0 unspecified atom stereocenters. The first-order valence-corrected chi connectivity index (χ1v) is 9.58. The molecule has 0 bridgehead atoms. The summed E-state index contributed by atoms with van der Waals surface area (Å²) in [6, 6.07) is 15.7. The number of benzene rings is 2. The molecule has 130 valence electrons. The maximum absolute atomic E-state index is 12.8. The van der Waals surface area contributed by atoms with Crippen molar-refractivity contribution in [3.8, 4) is 0 Å². The molecule has 2 N–H and O–H groups in total. The fourth-order valence-corrected chi connectivity index (χ4v) is 3.99. The third kappa shape index (κ3) is 4.44. The summed E-state index contributed by atoms with van der Waals surface area (Å²) in [4.78, 5) is 0.231. The van der Waals surface area contributed by atoms with Gasteiger partial charge in [0.1, 0.15) is 0 Å². The average Bonchev–Trinajstić information content (AvgIpc) is 2.55. The molecule has 0 fully saturated rings. The number of aryl methyl sites for hydroxylation is 1. The van der Waals surface area contributed by atoms with Crippen LogP contribution in [0.5, 0.6) is 0 Å². The molecule has 0 radical (unpaired) electrons. The van der Waals surface area contributed by atoms with Crippen molar-refractivity contribution in [3.05, 3.63) is 65.7 Å². The van der Waals surface area contributed by atoms with E-state index < -0.39 is 16.1 Å². The maximum atomic E-state index is 12.8. The van der Waals surface area contributed by atoms with Crippen LogP contribution in [0.2, 0.25) is 0 Å². The molecule has 0 saturated carbocycles. The van der Waals surface area contributed by atoms with Crippen LogP contribution in [0.3, 0.4) is 0 Å². The van der Waals surface area contributed by atoms with Crippen LogP contribution in [-0.4, -0.2) is 20.1 Å². The summed E-state index contributed by atoms with van der Waals surface area (Å²) in [7, 11) is -3.67. The van der Waals surface area contributed by atoms with E-state index in [-0.39, 0.29) is 23.3 Å². The van der Waals surface area contributed by atoms with Crippen molar-refractivity contribution in [2.45, 2.75) is 31.7 Å². The van der Waals surface area contributed by atoms with Crippen molar-refractivity contribution >= 4 is 10.0 Å². The summed E-state index contributed by atoms with van der Waals surface area (Å²) in [6.07, 6.45) is 0. The Morgan fingerprint density at radius 3 is 2.08 bits per heavy atom. The topological polar surface area (TPSA) is 66.4 Å². The first kappa shape index (κ1) is 18.6. The second-order valence-electron chi connectivity index (χ2n) is 6.41. The standard InChI is InChI=1S/C19H25NO3S/c1-14(2)18(13-21)19(16-7-5-4-6-8-16)20-24(22,23)17-11-9-15(3)10-12-17/h4-12,14,18-21H,13H2,1-3H3/t18-,19-/m1/s1. The highest BCUT2D eigenvalue weighted by molar-refractivity contribution is 7.89. The van der Waals surface area contributed by atoms with E-state index in [2.05, 4.69) is 4.72 Å². The third-order valence-electron chi connectivity index (χ3n) is 4.27. The van der Waals surface area contributed by atoms with Crippen LogP contribution in [-0.2, 0) is 10.0 Å². The molecule has 0 spiro atoms. The van der Waals surface area contributed by atoms with E-state index in [1.165, 1.54) is 0 Å². The zero-order chi connectivity index (χ0) is 17.7. The minimum atomic E-state index is -3.67. The highest BCUT2D eigenvalue weighted by atomic mass is 32.2. The summed E-state index contributed by atoms with van der Waals surface area (Å²) in [6.45, 7) is 5.79. The number of rotatable bonds is 7. The first-order chi connectivity index (χ1) is 11.3. The van der Waals surface area contributed by atoms with Crippen LogP contribution >= 0.6 is 0 Å². The smallest absolute Gasteiger partial charge is 0.241 e. The Kier molecular flexibility index (Phi) is 6.15. The van der Waals surface area contributed by atoms with Gasteiger partial charge in [-0.3, -0.25) is 0 Å². The van der Waals surface area contributed by atoms with Crippen LogP contribution in [0.25, 0.3) is 0 Å². The molecule has 0 aromatic heterocycles. The Bertz CT molecular complexity index is 740. The number of aliphatic hydroxyl groups is 1. The molecule has 4 nitrogen and oxygen atoms in total. The highest BCUT2D eigenvalue weighted by Crippen LogP contribution is 2.29. The quantitative estimate of drug-likeness (QED) is 0.808. The predicted molar refractivity (Wildman–Crippen MR) is 96.1 cm³/mol. The zero-order valence-electron chi connectivity index (χ0n) is 14.3. The molecule has 0 heterocycles. The van der Waals surface area contributed by atoms with Gasteiger partial charge in [0.15, 0.2) is 0 Å². The lowest BCUT2D eigenvalue weighted by Crippen LogP contribution is -2.37. The minimum absolute atomic E-state index is 0.0896. The van der Waals surface area contributed by atoms with Gasteiger partial charge in [-0.15, -0.1) is 0 Å². The maximum Gasteiger partial charge on any atom is 0.241 e. The van der Waals surface area contributed by atoms with Crippen molar-refractivity contribution < 1.29 is 13.5 Å². The van der Waals surface area contributed by atoms with Crippen molar-refractivity contribution in [1.82, 2.24) is 4.72 Å². The molecule has 0 saturated heterocycles. The molecule has 2 aromatic carbocycles. The molecule has 0 aliphatic rings. The lowest BCUT2D eigenvalue weighted by atomic mass is 9.86. The SMILES string of the molecule is Cc1ccc(S(=O)(=O)N[C@H](c2ccccc2)[C@H](CO)C(C)C)cc1. The number of hydrogen-bond donors (Lipinski definition) is 2. The number of sulfonamides is 1. The van der Waals surface area contributed by atoms with Gasteiger partial charge in [-0.2, -0.15) is 0 Å². The van der Waals surface area contributed by atoms with E-state index in [4.69, 9.17) is 0 Å². The van der Waals surface area contributed by atoms with Crippen LogP contribution < -0.4 is 4.72 Å². The van der Waals surface area contributed by atoms with Crippen LogP contribution in [0.1, 0.15) is 31.0 Å². The predicted octanol–water partition coefficient (Wildman–Crippen LogP) is 3.28. The van der Waals surface area contributed by atoms with Gasteiger partial charge in [-0.1, -0.05) is 61.9 Å². The fourth-order valence-electron chi connectivity index (χ4n) is 2.72. The molecule has 2 rings (SSSR count). The summed E-state index contributed by atoms with van der Waals surface area (Å²) in [5.41, 5.74) is 1.85. The summed E-state index contributed by atoms with van der Waals surface area (Å²) in [5.74, 6) is -0.0893. The fraction of sp³-hybridized carbons (Fsp3) is 0.368. The van der Waals surface area contributed by atoms with Gasteiger partial charge >= 0.3 is 0 Å². The van der Waals surface area contributed by atoms with Crippen molar-refractivity contribution in [2.75, 3.05) is 6.61 Å². The van der Waals surface area contributed by atoms with Gasteiger partial charge in [0, 0.05) is 12.5 Å². The second-order valence-corrected chi connectivity index (χ2v) is 8.13. The van der Waals surface area contributed by atoms with E-state index in [9.17, 15) is 13.5 Å². The molecule has 5 heteroatoms. The number of hydrogen-bond acceptors (Lipinski definition) is 3. The lowest BCUT2D eigenvalue weighted by Gasteiger charge is -2.29. The largest absolute Gasteiger partial charge is 0.396 e. The molecule has 2 aromatic rings. The van der Waals surface area contributed by atoms with Gasteiger partial charge in [0.05, 0.1) is 10.9 Å². The number of nitrogens with one attached hydrogen (secondary N) is 1. The Hall–Kier alpha value is -1.69. The molecule has 0 aliphatic heterocycles. The first-order valence-electron chi connectivity index (χ1n) is 8.10. The van der Waals surface area contributed by atoms with Crippen LogP contribution in [0, 0.1) is 18.8 Å². The van der Waals surface area contributed by atoms with E-state index in [0.717, 1.165) is 11.1 Å². The lowest BCUT2D eigenvalue weighted by molar-refractivity contribution is 0.160. The van der Waals surface area contributed by atoms with Crippen molar-refractivity contribution in [1.29, 1.82) is 0 Å². The summed E-state index contributed by atoms with van der Waals surface area (Å²) >= 11 is 0. The third-order valence-corrected chi connectivity index (χ3v) is 5.72. The second kappa shape index (κ2) is 7.92. The van der Waals surface area contributed by atoms with Crippen LogP contribution in [0.4, 0.5) is 0 Å². The number of aliphatic hydroxyl groups excluding tert-OH is 1. The van der Waals surface area contributed by atoms with E-state index in [1.807, 2.05) is 51.1 Å². The summed E-state index contributed by atoms with van der Waals surface area (Å²) < 4.78 is 28.3. The Morgan fingerprint density at radius 1 is 1.00 bits per heavy atom. The van der Waals surface area contributed by atoms with Gasteiger partial charge < -0.3 is 5.11 Å². The average molecular weight is 347 g/mol. The van der Waals surface area contributed by atoms with Gasteiger partial charge in [-0.25, -0.2) is 13.1 Å². The van der Waals surface area contributed by atoms with E-state index in [1.54, 1.807) is 24.3 Å². The molecule has 24 heavy (non-hydrogen) atoms. The highest BCUT2D eigenvalue weighted by Gasteiger charge is 2.30. The monoisotopic (exact) mass is 347 g/mol. The molecular weight excluding hydrogens is 322 g/mol. The van der Waals surface area contributed by atoms with Gasteiger partial charge in [0.25, 0.3) is 0 Å². The molecular formula is C19H25NO3S. The van der Waals surface area contributed by atoms with E-state index >= 15 is 0 Å². The normalized spacial score (nSPS) is 14.5. The minimum Gasteiger partial charge on any atom is -0.396 e. The van der Waals surface area contributed by atoms with Gasteiger partial charge in [-0.05, 0) is 30.5 Å². The Morgan fingerprint density at radius 2 is 1.58 bits per heavy atom. The van der Waals surface area contributed by atoms with Crippen molar-refractivity contribution in [2.24, 2.45) is 11.8 Å². The zero-order valence-corrected chi connectivity index (χ0v) is 15.1. The Balaban J connectivity index is 2.39. The Labute approximate surface area is 144 Å². The molecule has 2 atom stereocenters. The molecule has 0 amide bonds. The summed E-state index contributed by atoms with van der Waals surface area (Å²) in [5, 5.41) is 9.80. The van der Waals surface area contributed by atoms with E-state index in [0.29, 0.717) is 0 Å².